The molecule has 3 atom stereocenters. The van der Waals surface area contributed by atoms with Crippen LogP contribution >= 0.6 is 0 Å². The van der Waals surface area contributed by atoms with Gasteiger partial charge < -0.3 is 15.2 Å². The minimum atomic E-state index is -0.884. The second-order valence-electron chi connectivity index (χ2n) is 6.60. The van der Waals surface area contributed by atoms with E-state index in [-0.39, 0.29) is 24.7 Å². The third kappa shape index (κ3) is 2.43. The van der Waals surface area contributed by atoms with Crippen molar-refractivity contribution in [3.05, 3.63) is 71.3 Å². The van der Waals surface area contributed by atoms with Gasteiger partial charge in [0.2, 0.25) is 0 Å². The summed E-state index contributed by atoms with van der Waals surface area (Å²) in [7, 11) is 0. The SMILES string of the molecule is O=C(N[C@H](CO)Cc1ccccc1)C12CCC(O1)c1ccccc12. The Morgan fingerprint density at radius 1 is 1.21 bits per heavy atom. The molecule has 0 aliphatic carbocycles. The molecule has 1 fully saturated rings. The first-order valence-corrected chi connectivity index (χ1v) is 8.46. The van der Waals surface area contributed by atoms with Crippen LogP contribution in [0.25, 0.3) is 0 Å². The van der Waals surface area contributed by atoms with Gasteiger partial charge in [-0.15, -0.1) is 0 Å². The average Bonchev–Trinajstić information content (AvgIpc) is 3.21. The molecule has 2 bridgehead atoms. The number of ether oxygens (including phenoxy) is 1. The van der Waals surface area contributed by atoms with E-state index in [1.807, 2.05) is 54.6 Å². The lowest BCUT2D eigenvalue weighted by molar-refractivity contribution is -0.145. The summed E-state index contributed by atoms with van der Waals surface area (Å²) in [6.45, 7) is -0.0954. The summed E-state index contributed by atoms with van der Waals surface area (Å²) in [5, 5.41) is 12.7. The van der Waals surface area contributed by atoms with Crippen LogP contribution in [0.1, 0.15) is 35.6 Å². The van der Waals surface area contributed by atoms with Gasteiger partial charge in [-0.2, -0.15) is 0 Å². The Hall–Kier alpha value is -2.17. The molecule has 2 aromatic rings. The number of aliphatic hydroxyl groups is 1. The van der Waals surface area contributed by atoms with Crippen molar-refractivity contribution in [3.63, 3.8) is 0 Å². The van der Waals surface area contributed by atoms with Gasteiger partial charge in [0, 0.05) is 0 Å². The number of fused-ring (bicyclic) bond motifs is 5. The van der Waals surface area contributed by atoms with Crippen molar-refractivity contribution >= 4 is 5.91 Å². The first kappa shape index (κ1) is 15.4. The quantitative estimate of drug-likeness (QED) is 0.889. The zero-order valence-corrected chi connectivity index (χ0v) is 13.4. The molecule has 4 rings (SSSR count). The van der Waals surface area contributed by atoms with E-state index in [0.717, 1.165) is 23.1 Å². The van der Waals surface area contributed by atoms with E-state index in [4.69, 9.17) is 4.74 Å². The van der Waals surface area contributed by atoms with Crippen LogP contribution in [0.3, 0.4) is 0 Å². The Kier molecular flexibility index (Phi) is 3.87. The molecule has 2 unspecified atom stereocenters. The second kappa shape index (κ2) is 6.04. The van der Waals surface area contributed by atoms with E-state index >= 15 is 0 Å². The Labute approximate surface area is 141 Å². The van der Waals surface area contributed by atoms with Crippen molar-refractivity contribution in [1.29, 1.82) is 0 Å². The third-order valence-corrected chi connectivity index (χ3v) is 5.09. The molecule has 4 heteroatoms. The maximum absolute atomic E-state index is 13.0. The highest BCUT2D eigenvalue weighted by Gasteiger charge is 2.55. The van der Waals surface area contributed by atoms with Gasteiger partial charge in [-0.05, 0) is 36.0 Å². The molecule has 2 aliphatic heterocycles. The number of hydrogen-bond acceptors (Lipinski definition) is 3. The van der Waals surface area contributed by atoms with Crippen LogP contribution in [0.4, 0.5) is 0 Å². The smallest absolute Gasteiger partial charge is 0.257 e. The molecular weight excluding hydrogens is 302 g/mol. The summed E-state index contributed by atoms with van der Waals surface area (Å²) in [6, 6.07) is 17.5. The van der Waals surface area contributed by atoms with Crippen LogP contribution in [0, 0.1) is 0 Å². The molecule has 1 saturated heterocycles. The Balaban J connectivity index is 1.54. The highest BCUT2D eigenvalue weighted by molar-refractivity contribution is 5.88. The molecule has 0 spiro atoms. The van der Waals surface area contributed by atoms with E-state index in [2.05, 4.69) is 5.32 Å². The summed E-state index contributed by atoms with van der Waals surface area (Å²) >= 11 is 0. The highest BCUT2D eigenvalue weighted by atomic mass is 16.5. The van der Waals surface area contributed by atoms with Crippen LogP contribution in [-0.2, 0) is 21.6 Å². The van der Waals surface area contributed by atoms with Crippen LogP contribution in [0.15, 0.2) is 54.6 Å². The zero-order chi connectivity index (χ0) is 16.6. The minimum Gasteiger partial charge on any atom is -0.394 e. The van der Waals surface area contributed by atoms with Crippen molar-refractivity contribution in [3.8, 4) is 0 Å². The van der Waals surface area contributed by atoms with E-state index in [1.165, 1.54) is 0 Å². The molecule has 1 amide bonds. The van der Waals surface area contributed by atoms with Gasteiger partial charge in [0.15, 0.2) is 5.60 Å². The zero-order valence-electron chi connectivity index (χ0n) is 13.4. The summed E-state index contributed by atoms with van der Waals surface area (Å²) in [4.78, 5) is 13.0. The second-order valence-corrected chi connectivity index (χ2v) is 6.60. The molecule has 0 saturated carbocycles. The predicted octanol–water partition coefficient (Wildman–Crippen LogP) is 2.47. The maximum atomic E-state index is 13.0. The average molecular weight is 323 g/mol. The number of carbonyl (C=O) groups excluding carboxylic acids is 1. The lowest BCUT2D eigenvalue weighted by atomic mass is 9.81. The van der Waals surface area contributed by atoms with Gasteiger partial charge >= 0.3 is 0 Å². The van der Waals surface area contributed by atoms with Crippen LogP contribution in [-0.4, -0.2) is 23.7 Å². The number of carbonyl (C=O) groups is 1. The fourth-order valence-electron chi connectivity index (χ4n) is 3.91. The molecule has 0 radical (unpaired) electrons. The first-order chi connectivity index (χ1) is 11.7. The first-order valence-electron chi connectivity index (χ1n) is 8.46. The fraction of sp³-hybridized carbons (Fsp3) is 0.350. The largest absolute Gasteiger partial charge is 0.394 e. The molecule has 24 heavy (non-hydrogen) atoms. The maximum Gasteiger partial charge on any atom is 0.257 e. The molecule has 2 N–H and O–H groups in total. The molecule has 0 aromatic heterocycles. The summed E-state index contributed by atoms with van der Waals surface area (Å²) < 4.78 is 6.09. The van der Waals surface area contributed by atoms with Crippen molar-refractivity contribution in [2.24, 2.45) is 0 Å². The number of hydrogen-bond donors (Lipinski definition) is 2. The van der Waals surface area contributed by atoms with Crippen LogP contribution in [0.5, 0.6) is 0 Å². The topological polar surface area (TPSA) is 58.6 Å². The lowest BCUT2D eigenvalue weighted by Crippen LogP contribution is -2.49. The van der Waals surface area contributed by atoms with Crippen molar-refractivity contribution in [1.82, 2.24) is 5.32 Å². The van der Waals surface area contributed by atoms with E-state index in [9.17, 15) is 9.90 Å². The van der Waals surface area contributed by atoms with Gasteiger partial charge in [-0.1, -0.05) is 54.6 Å². The highest BCUT2D eigenvalue weighted by Crippen LogP contribution is 2.54. The van der Waals surface area contributed by atoms with Crippen LogP contribution < -0.4 is 5.32 Å². The third-order valence-electron chi connectivity index (χ3n) is 5.09. The van der Waals surface area contributed by atoms with Gasteiger partial charge in [0.25, 0.3) is 5.91 Å². The minimum absolute atomic E-state index is 0.0219. The molecule has 2 aromatic carbocycles. The van der Waals surface area contributed by atoms with Gasteiger partial charge in [0.05, 0.1) is 18.8 Å². The number of rotatable bonds is 5. The van der Waals surface area contributed by atoms with Crippen LogP contribution in [0.2, 0.25) is 0 Å². The van der Waals surface area contributed by atoms with Crippen molar-refractivity contribution in [2.75, 3.05) is 6.61 Å². The molecule has 2 heterocycles. The lowest BCUT2D eigenvalue weighted by Gasteiger charge is -2.28. The standard InChI is InChI=1S/C20H21NO3/c22-13-15(12-14-6-2-1-3-7-14)21-19(23)20-11-10-18(24-20)16-8-4-5-9-17(16)20/h1-9,15,18,22H,10-13H2,(H,21,23)/t15-,18?,20?/m0/s1. The summed E-state index contributed by atoms with van der Waals surface area (Å²) in [5.41, 5.74) is 2.31. The normalized spacial score (nSPS) is 25.3. The van der Waals surface area contributed by atoms with E-state index in [1.54, 1.807) is 0 Å². The number of nitrogens with one attached hydrogen (secondary N) is 1. The van der Waals surface area contributed by atoms with Crippen molar-refractivity contribution < 1.29 is 14.6 Å². The van der Waals surface area contributed by atoms with Gasteiger partial charge in [-0.3, -0.25) is 4.79 Å². The fourth-order valence-corrected chi connectivity index (χ4v) is 3.91. The van der Waals surface area contributed by atoms with Gasteiger partial charge in [-0.25, -0.2) is 0 Å². The monoisotopic (exact) mass is 323 g/mol. The molecule has 2 aliphatic rings. The number of aliphatic hydroxyl groups excluding tert-OH is 1. The Morgan fingerprint density at radius 2 is 1.96 bits per heavy atom. The van der Waals surface area contributed by atoms with Gasteiger partial charge in [0.1, 0.15) is 0 Å². The molecule has 4 nitrogen and oxygen atoms in total. The Bertz CT molecular complexity index is 746. The van der Waals surface area contributed by atoms with Crippen molar-refractivity contribution in [2.45, 2.75) is 37.0 Å². The number of amides is 1. The number of benzene rings is 2. The molecular formula is C20H21NO3. The summed E-state index contributed by atoms with van der Waals surface area (Å²) in [5.74, 6) is -0.134. The molecule has 124 valence electrons. The van der Waals surface area contributed by atoms with E-state index < -0.39 is 5.60 Å². The van der Waals surface area contributed by atoms with E-state index in [0.29, 0.717) is 12.8 Å². The summed E-state index contributed by atoms with van der Waals surface area (Å²) in [6.07, 6.45) is 2.19. The predicted molar refractivity (Wildman–Crippen MR) is 90.3 cm³/mol. The Morgan fingerprint density at radius 3 is 2.75 bits per heavy atom.